The van der Waals surface area contributed by atoms with Crippen LogP contribution in [0.2, 0.25) is 5.02 Å². The number of aromatic nitrogens is 2. The average molecular weight is 453 g/mol. The minimum Gasteiger partial charge on any atom is -0.419 e. The van der Waals surface area contributed by atoms with E-state index in [0.29, 0.717) is 40.9 Å². The third kappa shape index (κ3) is 4.83. The highest BCUT2D eigenvalue weighted by Gasteiger charge is 2.22. The molecule has 32 heavy (non-hydrogen) atoms. The monoisotopic (exact) mass is 452 g/mol. The second-order valence-electron chi connectivity index (χ2n) is 7.76. The molecule has 7 nitrogen and oxygen atoms in total. The molecule has 2 aromatic carbocycles. The van der Waals surface area contributed by atoms with Crippen molar-refractivity contribution in [3.05, 3.63) is 65.0 Å². The van der Waals surface area contributed by atoms with Gasteiger partial charge in [0.15, 0.2) is 0 Å². The van der Waals surface area contributed by atoms with E-state index in [1.807, 2.05) is 37.3 Å². The van der Waals surface area contributed by atoms with E-state index in [9.17, 15) is 9.59 Å². The van der Waals surface area contributed by atoms with Crippen molar-refractivity contribution in [1.29, 1.82) is 0 Å². The number of halogens is 1. The Balaban J connectivity index is 1.48. The van der Waals surface area contributed by atoms with E-state index in [0.717, 1.165) is 31.5 Å². The first-order valence-electron chi connectivity index (χ1n) is 10.8. The molecule has 1 aliphatic heterocycles. The van der Waals surface area contributed by atoms with E-state index in [-0.39, 0.29) is 18.4 Å². The molecular weight excluding hydrogens is 428 g/mol. The maximum atomic E-state index is 13.2. The van der Waals surface area contributed by atoms with Gasteiger partial charge in [0.05, 0.1) is 17.1 Å². The molecule has 0 aliphatic carbocycles. The Hall–Kier alpha value is -3.19. The Labute approximate surface area is 192 Å². The second kappa shape index (κ2) is 9.96. The summed E-state index contributed by atoms with van der Waals surface area (Å²) in [6.07, 6.45) is 3.30. The predicted molar refractivity (Wildman–Crippen MR) is 122 cm³/mol. The van der Waals surface area contributed by atoms with Gasteiger partial charge in [-0.25, -0.2) is 0 Å². The quantitative estimate of drug-likeness (QED) is 0.506. The van der Waals surface area contributed by atoms with E-state index in [2.05, 4.69) is 10.2 Å². The third-order valence-corrected chi connectivity index (χ3v) is 5.76. The summed E-state index contributed by atoms with van der Waals surface area (Å²) in [5.41, 5.74) is 2.04. The van der Waals surface area contributed by atoms with Crippen LogP contribution in [-0.4, -0.2) is 40.0 Å². The first kappa shape index (κ1) is 22.0. The molecule has 4 rings (SSSR count). The number of amides is 2. The Kier molecular flexibility index (Phi) is 6.85. The number of piperidine rings is 1. The summed E-state index contributed by atoms with van der Waals surface area (Å²) in [6, 6.07) is 14.5. The molecule has 0 spiro atoms. The van der Waals surface area contributed by atoms with Gasteiger partial charge in [-0.2, -0.15) is 0 Å². The minimum atomic E-state index is -0.124. The van der Waals surface area contributed by atoms with Gasteiger partial charge in [-0.1, -0.05) is 30.7 Å². The molecule has 1 saturated heterocycles. The lowest BCUT2D eigenvalue weighted by Crippen LogP contribution is -2.35. The molecule has 8 heteroatoms. The van der Waals surface area contributed by atoms with Crippen molar-refractivity contribution in [2.45, 2.75) is 39.2 Å². The van der Waals surface area contributed by atoms with Gasteiger partial charge in [-0.05, 0) is 55.7 Å². The van der Waals surface area contributed by atoms with Gasteiger partial charge in [-0.15, -0.1) is 10.2 Å². The lowest BCUT2D eigenvalue weighted by molar-refractivity contribution is -0.119. The van der Waals surface area contributed by atoms with Gasteiger partial charge in [-0.3, -0.25) is 9.59 Å². The summed E-state index contributed by atoms with van der Waals surface area (Å²) < 4.78 is 5.78. The molecule has 2 amide bonds. The van der Waals surface area contributed by atoms with Gasteiger partial charge in [0, 0.05) is 30.8 Å². The van der Waals surface area contributed by atoms with Crippen molar-refractivity contribution >= 4 is 29.1 Å². The molecule has 0 atom stereocenters. The predicted octanol–water partition coefficient (Wildman–Crippen LogP) is 4.96. The standard InChI is InChI=1S/C24H25ClN4O3/c1-2-14-28(16-21-26-27-23(32-21)19-7-3-4-8-20(19)25)24(31)17-10-12-18(13-11-17)29-15-6-5-9-22(29)30/h3-4,7-8,10-13H,2,5-6,9,14-16H2,1H3. The normalized spacial score (nSPS) is 13.9. The topological polar surface area (TPSA) is 79.5 Å². The van der Waals surface area contributed by atoms with E-state index in [1.54, 1.807) is 28.0 Å². The fourth-order valence-electron chi connectivity index (χ4n) is 3.79. The lowest BCUT2D eigenvalue weighted by atomic mass is 10.1. The van der Waals surface area contributed by atoms with Crippen molar-refractivity contribution in [2.24, 2.45) is 0 Å². The Bertz CT molecular complexity index is 1100. The van der Waals surface area contributed by atoms with Crippen LogP contribution < -0.4 is 4.90 Å². The second-order valence-corrected chi connectivity index (χ2v) is 8.16. The number of hydrogen-bond acceptors (Lipinski definition) is 5. The fourth-order valence-corrected chi connectivity index (χ4v) is 4.01. The molecule has 1 fully saturated rings. The molecule has 3 aromatic rings. The van der Waals surface area contributed by atoms with Crippen LogP contribution in [0.1, 0.15) is 48.9 Å². The van der Waals surface area contributed by atoms with Gasteiger partial charge >= 0.3 is 0 Å². The number of carbonyl (C=O) groups is 2. The summed E-state index contributed by atoms with van der Waals surface area (Å²) in [6.45, 7) is 3.48. The molecule has 2 heterocycles. The van der Waals surface area contributed by atoms with Gasteiger partial charge < -0.3 is 14.2 Å². The van der Waals surface area contributed by atoms with Crippen molar-refractivity contribution in [3.8, 4) is 11.5 Å². The number of benzene rings is 2. The fraction of sp³-hybridized carbons (Fsp3) is 0.333. The summed E-state index contributed by atoms with van der Waals surface area (Å²) in [5.74, 6) is 0.678. The first-order valence-corrected chi connectivity index (χ1v) is 11.2. The van der Waals surface area contributed by atoms with Crippen LogP contribution in [0.5, 0.6) is 0 Å². The zero-order valence-corrected chi connectivity index (χ0v) is 18.7. The molecule has 0 N–H and O–H groups in total. The SMILES string of the molecule is CCCN(Cc1nnc(-c2ccccc2Cl)o1)C(=O)c1ccc(N2CCCCC2=O)cc1. The van der Waals surface area contributed by atoms with Gasteiger partial charge in [0.2, 0.25) is 17.7 Å². The number of hydrogen-bond donors (Lipinski definition) is 0. The van der Waals surface area contributed by atoms with Crippen LogP contribution >= 0.6 is 11.6 Å². The van der Waals surface area contributed by atoms with Crippen molar-refractivity contribution < 1.29 is 14.0 Å². The van der Waals surface area contributed by atoms with Gasteiger partial charge in [0.1, 0.15) is 0 Å². The minimum absolute atomic E-state index is 0.124. The number of rotatable bonds is 7. The summed E-state index contributed by atoms with van der Waals surface area (Å²) in [5, 5.41) is 8.71. The first-order chi connectivity index (χ1) is 15.6. The summed E-state index contributed by atoms with van der Waals surface area (Å²) in [7, 11) is 0. The Morgan fingerprint density at radius 3 is 2.62 bits per heavy atom. The van der Waals surface area contributed by atoms with Crippen LogP contribution in [0.3, 0.4) is 0 Å². The van der Waals surface area contributed by atoms with E-state index < -0.39 is 0 Å². The maximum Gasteiger partial charge on any atom is 0.254 e. The molecule has 166 valence electrons. The highest BCUT2D eigenvalue weighted by molar-refractivity contribution is 6.33. The smallest absolute Gasteiger partial charge is 0.254 e. The molecule has 1 aromatic heterocycles. The van der Waals surface area contributed by atoms with Gasteiger partial charge in [0.25, 0.3) is 5.91 Å². The molecule has 1 aliphatic rings. The van der Waals surface area contributed by atoms with Crippen LogP contribution in [0.4, 0.5) is 5.69 Å². The van der Waals surface area contributed by atoms with Crippen LogP contribution in [-0.2, 0) is 11.3 Å². The van der Waals surface area contributed by atoms with E-state index in [4.69, 9.17) is 16.0 Å². The van der Waals surface area contributed by atoms with Crippen molar-refractivity contribution in [2.75, 3.05) is 18.0 Å². The van der Waals surface area contributed by atoms with Crippen LogP contribution in [0.25, 0.3) is 11.5 Å². The molecule has 0 bridgehead atoms. The highest BCUT2D eigenvalue weighted by atomic mass is 35.5. The largest absolute Gasteiger partial charge is 0.419 e. The Morgan fingerprint density at radius 1 is 1.12 bits per heavy atom. The van der Waals surface area contributed by atoms with Crippen molar-refractivity contribution in [1.82, 2.24) is 15.1 Å². The number of carbonyl (C=O) groups excluding carboxylic acids is 2. The van der Waals surface area contributed by atoms with E-state index in [1.165, 1.54) is 0 Å². The van der Waals surface area contributed by atoms with Crippen LogP contribution in [0.15, 0.2) is 52.9 Å². The molecule has 0 saturated carbocycles. The zero-order valence-electron chi connectivity index (χ0n) is 18.0. The number of anilines is 1. The van der Waals surface area contributed by atoms with Crippen molar-refractivity contribution in [3.63, 3.8) is 0 Å². The molecule has 0 unspecified atom stereocenters. The third-order valence-electron chi connectivity index (χ3n) is 5.43. The maximum absolute atomic E-state index is 13.2. The number of nitrogens with zero attached hydrogens (tertiary/aromatic N) is 4. The summed E-state index contributed by atoms with van der Waals surface area (Å²) >= 11 is 6.22. The lowest BCUT2D eigenvalue weighted by Gasteiger charge is -2.27. The average Bonchev–Trinajstić information content (AvgIpc) is 3.27. The van der Waals surface area contributed by atoms with E-state index >= 15 is 0 Å². The highest BCUT2D eigenvalue weighted by Crippen LogP contribution is 2.27. The Morgan fingerprint density at radius 2 is 1.91 bits per heavy atom. The summed E-state index contributed by atoms with van der Waals surface area (Å²) in [4.78, 5) is 28.8. The van der Waals surface area contributed by atoms with Crippen LogP contribution in [0, 0.1) is 0 Å². The zero-order chi connectivity index (χ0) is 22.5. The molecular formula is C24H25ClN4O3. The molecule has 0 radical (unpaired) electrons.